The van der Waals surface area contributed by atoms with Gasteiger partial charge in [-0.1, -0.05) is 96.1 Å². The Morgan fingerprint density at radius 3 is 1.70 bits per heavy atom. The number of carbonyl (C=O) groups excluding carboxylic acids is 2. The van der Waals surface area contributed by atoms with E-state index in [9.17, 15) is 15.1 Å². The Labute approximate surface area is 214 Å². The van der Waals surface area contributed by atoms with Crippen molar-refractivity contribution in [3.8, 4) is 0 Å². The lowest BCUT2D eigenvalue weighted by Gasteiger charge is -2.37. The average Bonchev–Trinajstić information content (AvgIpc) is 3.21. The molecule has 0 radical (unpaired) electrons. The minimum absolute atomic E-state index is 0.0715. The van der Waals surface area contributed by atoms with Crippen LogP contribution in [0, 0.1) is 0 Å². The van der Waals surface area contributed by atoms with Crippen molar-refractivity contribution in [2.75, 3.05) is 6.61 Å². The van der Waals surface area contributed by atoms with Crippen molar-refractivity contribution in [3.05, 3.63) is 118 Å². The largest absolute Gasteiger partial charge is 0.455 e. The molecule has 1 fully saturated rings. The van der Waals surface area contributed by atoms with Gasteiger partial charge in [-0.15, -0.1) is 0 Å². The highest BCUT2D eigenvalue weighted by Gasteiger charge is 2.50. The third-order valence-electron chi connectivity index (χ3n) is 6.07. The summed E-state index contributed by atoms with van der Waals surface area (Å²) in [4.78, 5) is 26.4. The second kappa shape index (κ2) is 11.7. The van der Waals surface area contributed by atoms with Crippen LogP contribution in [0.5, 0.6) is 0 Å². The molecule has 4 rings (SSSR count). The van der Waals surface area contributed by atoms with E-state index < -0.39 is 42.1 Å². The first-order valence-corrected chi connectivity index (χ1v) is 11.8. The van der Waals surface area contributed by atoms with Crippen molar-refractivity contribution in [1.29, 1.82) is 0 Å². The van der Waals surface area contributed by atoms with Gasteiger partial charge in [0.1, 0.15) is 11.6 Å². The Kier molecular flexibility index (Phi) is 8.20. The molecule has 3 aromatic rings. The molecule has 0 aromatic heterocycles. The van der Waals surface area contributed by atoms with Gasteiger partial charge in [-0.05, 0) is 22.2 Å². The Hall–Kier alpha value is -4.17. The zero-order valence-corrected chi connectivity index (χ0v) is 20.5. The molecule has 1 saturated heterocycles. The normalized spacial score (nSPS) is 21.0. The van der Waals surface area contributed by atoms with Gasteiger partial charge in [0.2, 0.25) is 6.29 Å². The number of hydrogen-bond donors (Lipinski definition) is 0. The van der Waals surface area contributed by atoms with Crippen LogP contribution >= 0.6 is 0 Å². The molecule has 1 aliphatic rings. The minimum Gasteiger partial charge on any atom is -0.455 e. The molecular formula is C28H27N3O6. The fourth-order valence-corrected chi connectivity index (χ4v) is 4.59. The molecule has 9 heteroatoms. The molecule has 0 amide bonds. The number of nitrogens with zero attached hydrogens (tertiary/aromatic N) is 3. The Balaban J connectivity index is 1.77. The number of benzene rings is 3. The zero-order valence-electron chi connectivity index (χ0n) is 20.5. The second-order valence-electron chi connectivity index (χ2n) is 8.51. The maximum Gasteiger partial charge on any atom is 0.305 e. The molecule has 0 bridgehead atoms. The van der Waals surface area contributed by atoms with Gasteiger partial charge >= 0.3 is 11.9 Å². The van der Waals surface area contributed by atoms with Crippen LogP contribution < -0.4 is 0 Å². The van der Waals surface area contributed by atoms with Crippen molar-refractivity contribution < 1.29 is 28.5 Å². The first-order chi connectivity index (χ1) is 18.0. The van der Waals surface area contributed by atoms with Crippen LogP contribution in [0.15, 0.2) is 96.1 Å². The van der Waals surface area contributed by atoms with Crippen molar-refractivity contribution >= 4 is 11.9 Å². The Bertz CT molecular complexity index is 1150. The molecule has 1 unspecified atom stereocenters. The number of rotatable bonds is 9. The van der Waals surface area contributed by atoms with Crippen molar-refractivity contribution in [2.24, 2.45) is 5.11 Å². The number of ether oxygens (including phenoxy) is 4. The van der Waals surface area contributed by atoms with Crippen LogP contribution in [0.3, 0.4) is 0 Å². The van der Waals surface area contributed by atoms with Gasteiger partial charge in [-0.3, -0.25) is 9.59 Å². The van der Waals surface area contributed by atoms with Gasteiger partial charge in [-0.2, -0.15) is 0 Å². The van der Waals surface area contributed by atoms with Crippen molar-refractivity contribution in [3.63, 3.8) is 0 Å². The highest BCUT2D eigenvalue weighted by atomic mass is 16.7. The van der Waals surface area contributed by atoms with Gasteiger partial charge < -0.3 is 18.9 Å². The van der Waals surface area contributed by atoms with Crippen LogP contribution in [0.1, 0.15) is 30.5 Å². The standard InChI is InChI=1S/C28H27N3O6/c1-19(32)35-26-25(30-31-29)24(37-27(26)36-20(2)33)18-34-28(21-12-6-3-7-13-21,22-14-8-4-9-15-22)23-16-10-5-11-17-23/h3-17,24-27H,18H2,1-2H3/t24-,25-,26-,27?/m1/s1. The summed E-state index contributed by atoms with van der Waals surface area (Å²) in [6, 6.07) is 28.2. The SMILES string of the molecule is CC(=O)OC1O[C@H](COC(c2ccccc2)(c2ccccc2)c2ccccc2)[C@@H](N=[N+]=[N-])[C@H]1OC(C)=O. The third-order valence-corrected chi connectivity index (χ3v) is 6.07. The summed E-state index contributed by atoms with van der Waals surface area (Å²) < 4.78 is 23.3. The summed E-state index contributed by atoms with van der Waals surface area (Å²) in [5.41, 5.74) is 10.8. The van der Waals surface area contributed by atoms with E-state index in [-0.39, 0.29) is 6.61 Å². The Morgan fingerprint density at radius 2 is 1.30 bits per heavy atom. The van der Waals surface area contributed by atoms with E-state index in [1.54, 1.807) is 0 Å². The van der Waals surface area contributed by atoms with Crippen molar-refractivity contribution in [2.45, 2.75) is 44.0 Å². The van der Waals surface area contributed by atoms with E-state index in [2.05, 4.69) is 10.0 Å². The van der Waals surface area contributed by atoms with Crippen LogP contribution in [-0.4, -0.2) is 43.1 Å². The molecule has 3 aromatic carbocycles. The minimum atomic E-state index is -1.25. The second-order valence-corrected chi connectivity index (χ2v) is 8.51. The van der Waals surface area contributed by atoms with Gasteiger partial charge in [0, 0.05) is 18.8 Å². The lowest BCUT2D eigenvalue weighted by atomic mass is 9.80. The monoisotopic (exact) mass is 501 g/mol. The first-order valence-electron chi connectivity index (χ1n) is 11.8. The van der Waals surface area contributed by atoms with E-state index in [0.29, 0.717) is 0 Å². The molecule has 0 spiro atoms. The smallest absolute Gasteiger partial charge is 0.305 e. The van der Waals surface area contributed by atoms with Gasteiger partial charge in [0.25, 0.3) is 0 Å². The predicted molar refractivity (Wildman–Crippen MR) is 134 cm³/mol. The fraction of sp³-hybridized carbons (Fsp3) is 0.286. The highest BCUT2D eigenvalue weighted by molar-refractivity contribution is 5.67. The predicted octanol–water partition coefficient (Wildman–Crippen LogP) is 4.89. The molecular weight excluding hydrogens is 474 g/mol. The zero-order chi connectivity index (χ0) is 26.3. The lowest BCUT2D eigenvalue weighted by Crippen LogP contribution is -2.40. The maximum absolute atomic E-state index is 11.8. The number of esters is 2. The maximum atomic E-state index is 11.8. The van der Waals surface area contributed by atoms with Crippen LogP contribution in [0.4, 0.5) is 0 Å². The summed E-state index contributed by atoms with van der Waals surface area (Å²) in [6.45, 7) is 2.36. The summed E-state index contributed by atoms with van der Waals surface area (Å²) in [6.07, 6.45) is -3.24. The Morgan fingerprint density at radius 1 is 0.838 bits per heavy atom. The molecule has 0 N–H and O–H groups in total. The summed E-state index contributed by atoms with van der Waals surface area (Å²) in [7, 11) is 0. The molecule has 9 nitrogen and oxygen atoms in total. The van der Waals surface area contributed by atoms with Gasteiger partial charge in [0.15, 0.2) is 6.10 Å². The molecule has 0 saturated carbocycles. The van der Waals surface area contributed by atoms with E-state index in [0.717, 1.165) is 16.7 Å². The molecule has 37 heavy (non-hydrogen) atoms. The molecule has 1 heterocycles. The molecule has 190 valence electrons. The quantitative estimate of drug-likeness (QED) is 0.135. The summed E-state index contributed by atoms with van der Waals surface area (Å²) in [5.74, 6) is -1.26. The van der Waals surface area contributed by atoms with Crippen LogP contribution in [0.25, 0.3) is 10.4 Å². The highest BCUT2D eigenvalue weighted by Crippen LogP contribution is 2.41. The van der Waals surface area contributed by atoms with Gasteiger partial charge in [0.05, 0.1) is 12.7 Å². The number of carbonyl (C=O) groups is 2. The van der Waals surface area contributed by atoms with Crippen molar-refractivity contribution in [1.82, 2.24) is 0 Å². The third kappa shape index (κ3) is 5.65. The fourth-order valence-electron chi connectivity index (χ4n) is 4.59. The van der Waals surface area contributed by atoms with E-state index in [1.165, 1.54) is 13.8 Å². The van der Waals surface area contributed by atoms with E-state index in [4.69, 9.17) is 18.9 Å². The summed E-state index contributed by atoms with van der Waals surface area (Å²) in [5, 5.41) is 3.82. The van der Waals surface area contributed by atoms with Gasteiger partial charge in [-0.25, -0.2) is 0 Å². The molecule has 1 aliphatic heterocycles. The lowest BCUT2D eigenvalue weighted by molar-refractivity contribution is -0.197. The first kappa shape index (κ1) is 25.9. The average molecular weight is 502 g/mol. The number of hydrogen-bond acceptors (Lipinski definition) is 7. The number of azide groups is 1. The molecule has 0 aliphatic carbocycles. The topological polar surface area (TPSA) is 120 Å². The van der Waals surface area contributed by atoms with E-state index >= 15 is 0 Å². The molecule has 4 atom stereocenters. The van der Waals surface area contributed by atoms with Crippen LogP contribution in [0.2, 0.25) is 0 Å². The van der Waals surface area contributed by atoms with Crippen LogP contribution in [-0.2, 0) is 34.1 Å². The van der Waals surface area contributed by atoms with E-state index in [1.807, 2.05) is 91.0 Å². The summed E-state index contributed by atoms with van der Waals surface area (Å²) >= 11 is 0.